The Morgan fingerprint density at radius 3 is 2.50 bits per heavy atom. The highest BCUT2D eigenvalue weighted by Crippen LogP contribution is 2.38. The summed E-state index contributed by atoms with van der Waals surface area (Å²) in [6, 6.07) is 3.88. The Kier molecular flexibility index (Phi) is 4.69. The fraction of sp³-hybridized carbons (Fsp3) is 0.647. The summed E-state index contributed by atoms with van der Waals surface area (Å²) < 4.78 is 19.9. The molecule has 0 bridgehead atoms. The van der Waals surface area contributed by atoms with E-state index in [4.69, 9.17) is 4.74 Å². The van der Waals surface area contributed by atoms with Crippen molar-refractivity contribution < 1.29 is 9.13 Å². The van der Waals surface area contributed by atoms with Crippen LogP contribution in [0.1, 0.15) is 43.4 Å². The third-order valence-corrected chi connectivity index (χ3v) is 4.29. The molecular weight excluding hydrogens is 253 g/mol. The second kappa shape index (κ2) is 6.13. The molecule has 0 aromatic heterocycles. The molecule has 2 rings (SSSR count). The standard InChI is InChI=1S/C17H26FNO/c1-12-5-6-15(17(2,3)18)16(20-4)14(12)11-13-7-9-19-10-8-13/h5-6,13,19H,7-11H2,1-4H3. The summed E-state index contributed by atoms with van der Waals surface area (Å²) in [5.41, 5.74) is 1.67. The largest absolute Gasteiger partial charge is 0.496 e. The average Bonchev–Trinajstić information content (AvgIpc) is 2.40. The van der Waals surface area contributed by atoms with Gasteiger partial charge in [-0.1, -0.05) is 12.1 Å². The van der Waals surface area contributed by atoms with Crippen LogP contribution in [-0.2, 0) is 12.1 Å². The van der Waals surface area contributed by atoms with Gasteiger partial charge in [0.05, 0.1) is 7.11 Å². The van der Waals surface area contributed by atoms with E-state index in [9.17, 15) is 4.39 Å². The smallest absolute Gasteiger partial charge is 0.134 e. The van der Waals surface area contributed by atoms with Gasteiger partial charge in [0, 0.05) is 5.56 Å². The molecule has 1 saturated heterocycles. The molecule has 1 aromatic carbocycles. The molecule has 0 unspecified atom stereocenters. The molecule has 1 heterocycles. The Labute approximate surface area is 121 Å². The van der Waals surface area contributed by atoms with Crippen molar-refractivity contribution in [2.24, 2.45) is 5.92 Å². The molecule has 112 valence electrons. The number of benzene rings is 1. The van der Waals surface area contributed by atoms with Gasteiger partial charge in [0.1, 0.15) is 11.4 Å². The first-order valence-electron chi connectivity index (χ1n) is 7.50. The van der Waals surface area contributed by atoms with E-state index in [0.717, 1.165) is 25.3 Å². The minimum absolute atomic E-state index is 0.662. The highest BCUT2D eigenvalue weighted by Gasteiger charge is 2.27. The van der Waals surface area contributed by atoms with E-state index in [-0.39, 0.29) is 0 Å². The number of aryl methyl sites for hydroxylation is 1. The van der Waals surface area contributed by atoms with Crippen LogP contribution in [0.4, 0.5) is 4.39 Å². The molecule has 20 heavy (non-hydrogen) atoms. The van der Waals surface area contributed by atoms with E-state index in [1.54, 1.807) is 21.0 Å². The van der Waals surface area contributed by atoms with Crippen LogP contribution in [0, 0.1) is 12.8 Å². The molecule has 0 spiro atoms. The second-order valence-electron chi connectivity index (χ2n) is 6.31. The summed E-state index contributed by atoms with van der Waals surface area (Å²) in [5, 5.41) is 3.39. The molecule has 1 N–H and O–H groups in total. The van der Waals surface area contributed by atoms with Gasteiger partial charge in [-0.2, -0.15) is 0 Å². The first kappa shape index (κ1) is 15.3. The molecule has 0 saturated carbocycles. The zero-order valence-corrected chi connectivity index (χ0v) is 13.1. The summed E-state index contributed by atoms with van der Waals surface area (Å²) in [4.78, 5) is 0. The van der Waals surface area contributed by atoms with Crippen molar-refractivity contribution in [2.75, 3.05) is 20.2 Å². The monoisotopic (exact) mass is 279 g/mol. The van der Waals surface area contributed by atoms with Crippen LogP contribution in [0.15, 0.2) is 12.1 Å². The lowest BCUT2D eigenvalue weighted by Crippen LogP contribution is -2.29. The number of ether oxygens (including phenoxy) is 1. The Morgan fingerprint density at radius 2 is 1.95 bits per heavy atom. The maximum Gasteiger partial charge on any atom is 0.134 e. The normalized spacial score (nSPS) is 17.2. The number of halogens is 1. The number of hydrogen-bond acceptors (Lipinski definition) is 2. The topological polar surface area (TPSA) is 21.3 Å². The second-order valence-corrected chi connectivity index (χ2v) is 6.31. The van der Waals surface area contributed by atoms with Crippen molar-refractivity contribution in [1.29, 1.82) is 0 Å². The lowest BCUT2D eigenvalue weighted by atomic mass is 9.86. The molecule has 1 aromatic rings. The summed E-state index contributed by atoms with van der Waals surface area (Å²) in [6.45, 7) is 7.44. The van der Waals surface area contributed by atoms with Crippen LogP contribution in [-0.4, -0.2) is 20.2 Å². The van der Waals surface area contributed by atoms with Gasteiger partial charge in [-0.25, -0.2) is 4.39 Å². The van der Waals surface area contributed by atoms with Gasteiger partial charge in [0.15, 0.2) is 0 Å². The molecule has 2 nitrogen and oxygen atoms in total. The van der Waals surface area contributed by atoms with Crippen molar-refractivity contribution in [3.63, 3.8) is 0 Å². The fourth-order valence-electron chi connectivity index (χ4n) is 3.06. The lowest BCUT2D eigenvalue weighted by molar-refractivity contribution is 0.212. The predicted octanol–water partition coefficient (Wildman–Crippen LogP) is 3.75. The Bertz CT molecular complexity index is 459. The highest BCUT2D eigenvalue weighted by atomic mass is 19.1. The predicted molar refractivity (Wildman–Crippen MR) is 81.2 cm³/mol. The molecule has 0 atom stereocenters. The summed E-state index contributed by atoms with van der Waals surface area (Å²) in [6.07, 6.45) is 3.36. The van der Waals surface area contributed by atoms with E-state index >= 15 is 0 Å². The quantitative estimate of drug-likeness (QED) is 0.906. The lowest BCUT2D eigenvalue weighted by Gasteiger charge is -2.26. The molecule has 1 fully saturated rings. The van der Waals surface area contributed by atoms with Crippen LogP contribution >= 0.6 is 0 Å². The van der Waals surface area contributed by atoms with Gasteiger partial charge in [-0.3, -0.25) is 0 Å². The zero-order chi connectivity index (χ0) is 14.8. The van der Waals surface area contributed by atoms with Crippen LogP contribution in [0.5, 0.6) is 5.75 Å². The van der Waals surface area contributed by atoms with Crippen LogP contribution in [0.3, 0.4) is 0 Å². The fourth-order valence-corrected chi connectivity index (χ4v) is 3.06. The van der Waals surface area contributed by atoms with Gasteiger partial charge < -0.3 is 10.1 Å². The number of nitrogens with one attached hydrogen (secondary N) is 1. The van der Waals surface area contributed by atoms with Crippen LogP contribution in [0.2, 0.25) is 0 Å². The number of methoxy groups -OCH3 is 1. The van der Waals surface area contributed by atoms with Gasteiger partial charge >= 0.3 is 0 Å². The Morgan fingerprint density at radius 1 is 1.30 bits per heavy atom. The van der Waals surface area contributed by atoms with Gasteiger partial charge in [0.2, 0.25) is 0 Å². The molecule has 0 amide bonds. The molecule has 0 radical (unpaired) electrons. The van der Waals surface area contributed by atoms with Crippen molar-refractivity contribution >= 4 is 0 Å². The minimum Gasteiger partial charge on any atom is -0.496 e. The summed E-state index contributed by atoms with van der Waals surface area (Å²) in [7, 11) is 1.65. The third-order valence-electron chi connectivity index (χ3n) is 4.29. The number of piperidine rings is 1. The Hall–Kier alpha value is -1.09. The van der Waals surface area contributed by atoms with E-state index in [1.807, 2.05) is 12.1 Å². The van der Waals surface area contributed by atoms with Gasteiger partial charge in [0.25, 0.3) is 0 Å². The maximum atomic E-state index is 14.4. The number of hydrogen-bond donors (Lipinski definition) is 1. The summed E-state index contributed by atoms with van der Waals surface area (Å²) >= 11 is 0. The first-order valence-corrected chi connectivity index (χ1v) is 7.50. The van der Waals surface area contributed by atoms with Gasteiger partial charge in [-0.05, 0) is 70.2 Å². The molecule has 1 aliphatic heterocycles. The van der Waals surface area contributed by atoms with Crippen molar-refractivity contribution in [2.45, 2.75) is 45.7 Å². The number of alkyl halides is 1. The number of rotatable bonds is 4. The zero-order valence-electron chi connectivity index (χ0n) is 13.1. The van der Waals surface area contributed by atoms with Crippen LogP contribution < -0.4 is 10.1 Å². The Balaban J connectivity index is 2.34. The molecular formula is C17H26FNO. The molecule has 1 aliphatic rings. The summed E-state index contributed by atoms with van der Waals surface area (Å²) in [5.74, 6) is 1.41. The van der Waals surface area contributed by atoms with Gasteiger partial charge in [-0.15, -0.1) is 0 Å². The third kappa shape index (κ3) is 3.32. The van der Waals surface area contributed by atoms with E-state index in [0.29, 0.717) is 11.5 Å². The first-order chi connectivity index (χ1) is 9.43. The molecule has 3 heteroatoms. The highest BCUT2D eigenvalue weighted by molar-refractivity contribution is 5.48. The van der Waals surface area contributed by atoms with E-state index in [1.165, 1.54) is 24.0 Å². The van der Waals surface area contributed by atoms with E-state index in [2.05, 4.69) is 12.2 Å². The van der Waals surface area contributed by atoms with Crippen molar-refractivity contribution in [3.8, 4) is 5.75 Å². The van der Waals surface area contributed by atoms with E-state index < -0.39 is 5.67 Å². The van der Waals surface area contributed by atoms with Crippen molar-refractivity contribution in [1.82, 2.24) is 5.32 Å². The maximum absolute atomic E-state index is 14.4. The van der Waals surface area contributed by atoms with Crippen molar-refractivity contribution in [3.05, 3.63) is 28.8 Å². The average molecular weight is 279 g/mol. The molecule has 0 aliphatic carbocycles. The SMILES string of the molecule is COc1c(C(C)(C)F)ccc(C)c1CC1CCNCC1. The minimum atomic E-state index is -1.37. The van der Waals surface area contributed by atoms with Crippen LogP contribution in [0.25, 0.3) is 0 Å².